The van der Waals surface area contributed by atoms with E-state index < -0.39 is 0 Å². The van der Waals surface area contributed by atoms with Crippen molar-refractivity contribution in [2.75, 3.05) is 6.61 Å². The highest BCUT2D eigenvalue weighted by molar-refractivity contribution is 5.40. The highest BCUT2D eigenvalue weighted by Gasteiger charge is 2.55. The van der Waals surface area contributed by atoms with Gasteiger partial charge in [-0.15, -0.1) is 0 Å². The first-order valence-electron chi connectivity index (χ1n) is 8.54. The van der Waals surface area contributed by atoms with Gasteiger partial charge in [0.1, 0.15) is 0 Å². The van der Waals surface area contributed by atoms with Crippen LogP contribution in [0.25, 0.3) is 0 Å². The van der Waals surface area contributed by atoms with E-state index in [-0.39, 0.29) is 0 Å². The van der Waals surface area contributed by atoms with Crippen LogP contribution in [0.5, 0.6) is 0 Å². The molecule has 1 aromatic carbocycles. The Kier molecular flexibility index (Phi) is 3.74. The van der Waals surface area contributed by atoms with Gasteiger partial charge in [0, 0.05) is 12.6 Å². The van der Waals surface area contributed by atoms with Crippen molar-refractivity contribution in [1.82, 2.24) is 5.43 Å². The quantitative estimate of drug-likeness (QED) is 0.646. The molecule has 0 radical (unpaired) electrons. The Bertz CT molecular complexity index is 498. The molecule has 2 aliphatic carbocycles. The molecular formula is C18H26N2O. The van der Waals surface area contributed by atoms with Gasteiger partial charge in [-0.25, -0.2) is 0 Å². The van der Waals surface area contributed by atoms with Crippen LogP contribution in [-0.2, 0) is 11.2 Å². The molecule has 5 unspecified atom stereocenters. The lowest BCUT2D eigenvalue weighted by Crippen LogP contribution is -2.38. The molecule has 3 aliphatic rings. The van der Waals surface area contributed by atoms with Crippen LogP contribution in [0.3, 0.4) is 0 Å². The molecule has 3 heteroatoms. The van der Waals surface area contributed by atoms with E-state index in [1.807, 2.05) is 0 Å². The van der Waals surface area contributed by atoms with Gasteiger partial charge in [-0.3, -0.25) is 11.3 Å². The molecule has 3 nitrogen and oxygen atoms in total. The molecule has 0 aromatic heterocycles. The van der Waals surface area contributed by atoms with Crippen LogP contribution < -0.4 is 11.3 Å². The molecular weight excluding hydrogens is 260 g/mol. The van der Waals surface area contributed by atoms with E-state index in [1.165, 1.54) is 25.7 Å². The zero-order valence-electron chi connectivity index (χ0n) is 12.6. The number of ether oxygens (including phenoxy) is 1. The summed E-state index contributed by atoms with van der Waals surface area (Å²) in [7, 11) is 0. The van der Waals surface area contributed by atoms with Gasteiger partial charge in [0.2, 0.25) is 0 Å². The van der Waals surface area contributed by atoms with Crippen molar-refractivity contribution in [3.8, 4) is 0 Å². The predicted molar refractivity (Wildman–Crippen MR) is 83.8 cm³/mol. The first-order valence-corrected chi connectivity index (χ1v) is 8.54. The van der Waals surface area contributed by atoms with E-state index in [0.29, 0.717) is 12.1 Å². The van der Waals surface area contributed by atoms with Gasteiger partial charge in [-0.05, 0) is 67.4 Å². The summed E-state index contributed by atoms with van der Waals surface area (Å²) < 4.78 is 5.75. The topological polar surface area (TPSA) is 47.3 Å². The second-order valence-electron chi connectivity index (χ2n) is 6.99. The number of fused-ring (bicyclic) bond motifs is 3. The summed E-state index contributed by atoms with van der Waals surface area (Å²) >= 11 is 0. The van der Waals surface area contributed by atoms with E-state index in [2.05, 4.69) is 29.7 Å². The summed E-state index contributed by atoms with van der Waals surface area (Å²) in [5.41, 5.74) is 6.28. The largest absolute Gasteiger partial charge is 0.378 e. The van der Waals surface area contributed by atoms with Gasteiger partial charge in [0.15, 0.2) is 0 Å². The first-order chi connectivity index (χ1) is 10.4. The van der Waals surface area contributed by atoms with Gasteiger partial charge in [-0.2, -0.15) is 0 Å². The fourth-order valence-corrected chi connectivity index (χ4v) is 4.79. The Hall–Kier alpha value is -0.900. The normalized spacial score (nSPS) is 35.1. The number of nitrogens with two attached hydrogens (primary N) is 1. The lowest BCUT2D eigenvalue weighted by Gasteiger charge is -2.18. The van der Waals surface area contributed by atoms with Gasteiger partial charge in [-0.1, -0.05) is 24.3 Å². The van der Waals surface area contributed by atoms with E-state index in [0.717, 1.165) is 37.2 Å². The minimum absolute atomic E-state index is 0.454. The molecule has 5 atom stereocenters. The molecule has 0 spiro atoms. The molecule has 1 saturated carbocycles. The van der Waals surface area contributed by atoms with Gasteiger partial charge in [0.05, 0.1) is 6.10 Å². The van der Waals surface area contributed by atoms with Crippen LogP contribution in [0.15, 0.2) is 24.3 Å². The monoisotopic (exact) mass is 286 g/mol. The molecule has 1 aliphatic heterocycles. The number of hydrogen-bond acceptors (Lipinski definition) is 3. The Morgan fingerprint density at radius 1 is 1.29 bits per heavy atom. The van der Waals surface area contributed by atoms with Crippen molar-refractivity contribution in [2.24, 2.45) is 17.7 Å². The zero-order valence-corrected chi connectivity index (χ0v) is 12.6. The highest BCUT2D eigenvalue weighted by atomic mass is 16.5. The summed E-state index contributed by atoms with van der Waals surface area (Å²) in [6.45, 7) is 0.952. The summed E-state index contributed by atoms with van der Waals surface area (Å²) in [5, 5.41) is 0. The molecule has 1 aromatic rings. The molecule has 1 saturated heterocycles. The average molecular weight is 286 g/mol. The van der Waals surface area contributed by atoms with Crippen molar-refractivity contribution >= 4 is 0 Å². The third-order valence-corrected chi connectivity index (χ3v) is 5.89. The van der Waals surface area contributed by atoms with Gasteiger partial charge < -0.3 is 4.74 Å². The van der Waals surface area contributed by atoms with Crippen molar-refractivity contribution < 1.29 is 4.74 Å². The number of benzene rings is 1. The third kappa shape index (κ3) is 2.52. The van der Waals surface area contributed by atoms with E-state index in [9.17, 15) is 0 Å². The molecule has 2 fully saturated rings. The van der Waals surface area contributed by atoms with Crippen LogP contribution in [0.1, 0.15) is 49.1 Å². The van der Waals surface area contributed by atoms with Crippen LogP contribution >= 0.6 is 0 Å². The van der Waals surface area contributed by atoms with Crippen molar-refractivity contribution in [2.45, 2.75) is 56.6 Å². The smallest absolute Gasteiger partial charge is 0.0576 e. The summed E-state index contributed by atoms with van der Waals surface area (Å²) in [6, 6.07) is 9.45. The molecule has 1 heterocycles. The molecule has 0 bridgehead atoms. The maximum atomic E-state index is 5.88. The Balaban J connectivity index is 1.42. The molecule has 21 heavy (non-hydrogen) atoms. The fourth-order valence-electron chi connectivity index (χ4n) is 4.79. The van der Waals surface area contributed by atoms with Crippen molar-refractivity contribution in [3.05, 3.63) is 35.4 Å². The summed E-state index contributed by atoms with van der Waals surface area (Å²) in [4.78, 5) is 0. The summed E-state index contributed by atoms with van der Waals surface area (Å²) in [5.74, 6) is 8.22. The molecule has 4 rings (SSSR count). The van der Waals surface area contributed by atoms with Crippen molar-refractivity contribution in [3.63, 3.8) is 0 Å². The molecule has 0 amide bonds. The minimum atomic E-state index is 0.454. The molecule has 114 valence electrons. The van der Waals surface area contributed by atoms with E-state index in [1.54, 1.807) is 11.1 Å². The van der Waals surface area contributed by atoms with Gasteiger partial charge >= 0.3 is 0 Å². The number of hydrazine groups is 1. The Labute approximate surface area is 127 Å². The van der Waals surface area contributed by atoms with Crippen LogP contribution in [0.2, 0.25) is 0 Å². The van der Waals surface area contributed by atoms with Crippen LogP contribution in [0, 0.1) is 11.8 Å². The minimum Gasteiger partial charge on any atom is -0.378 e. The molecule has 3 N–H and O–H groups in total. The maximum Gasteiger partial charge on any atom is 0.0576 e. The maximum absolute atomic E-state index is 5.88. The number of rotatable bonds is 5. The van der Waals surface area contributed by atoms with Crippen LogP contribution in [-0.4, -0.2) is 18.8 Å². The fraction of sp³-hybridized carbons (Fsp3) is 0.667. The van der Waals surface area contributed by atoms with E-state index >= 15 is 0 Å². The third-order valence-electron chi connectivity index (χ3n) is 5.89. The Morgan fingerprint density at radius 2 is 2.19 bits per heavy atom. The lowest BCUT2D eigenvalue weighted by molar-refractivity contribution is 0.0985. The second kappa shape index (κ2) is 5.71. The van der Waals surface area contributed by atoms with Crippen molar-refractivity contribution in [1.29, 1.82) is 0 Å². The summed E-state index contributed by atoms with van der Waals surface area (Å²) in [6.07, 6.45) is 7.84. The highest BCUT2D eigenvalue weighted by Crippen LogP contribution is 2.61. The Morgan fingerprint density at radius 3 is 3.00 bits per heavy atom. The second-order valence-corrected chi connectivity index (χ2v) is 6.99. The predicted octanol–water partition coefficient (Wildman–Crippen LogP) is 2.75. The van der Waals surface area contributed by atoms with Gasteiger partial charge in [0.25, 0.3) is 0 Å². The standard InChI is InChI=1S/C18H26N2O/c19-20-16(10-8-13-5-3-11-21-13)18-15-9-7-12-4-1-2-6-14(12)17(15)18/h1-2,4,6,13,15-18,20H,3,5,7-11,19H2. The zero-order chi connectivity index (χ0) is 14.2. The van der Waals surface area contributed by atoms with E-state index in [4.69, 9.17) is 10.6 Å². The number of hydrogen-bond donors (Lipinski definition) is 2. The lowest BCUT2D eigenvalue weighted by atomic mass is 9.92. The number of nitrogens with one attached hydrogen (secondary N) is 1. The first kappa shape index (κ1) is 13.7. The average Bonchev–Trinajstić information content (AvgIpc) is 3.02. The number of aryl methyl sites for hydroxylation is 1. The van der Waals surface area contributed by atoms with Crippen LogP contribution in [0.4, 0.5) is 0 Å². The SMILES string of the molecule is NNC(CCC1CCCO1)C1C2CCc3ccccc3C21.